The number of carbonyl (C=O) groups is 1. The van der Waals surface area contributed by atoms with Crippen molar-refractivity contribution < 1.29 is 4.79 Å². The van der Waals surface area contributed by atoms with E-state index < -0.39 is 5.41 Å². The largest absolute Gasteiger partial charge is 0.349 e. The molecule has 0 unspecified atom stereocenters. The first-order valence-corrected chi connectivity index (χ1v) is 8.82. The Balaban J connectivity index is 1.83. The van der Waals surface area contributed by atoms with Gasteiger partial charge >= 0.3 is 0 Å². The Labute approximate surface area is 148 Å². The highest BCUT2D eigenvalue weighted by Gasteiger charge is 2.41. The first-order chi connectivity index (χ1) is 11.6. The number of halogens is 1. The molecule has 2 aromatic rings. The van der Waals surface area contributed by atoms with Gasteiger partial charge in [0.05, 0.1) is 11.5 Å². The zero-order valence-corrected chi connectivity index (χ0v) is 14.6. The highest BCUT2D eigenvalue weighted by molar-refractivity contribution is 6.30. The van der Waals surface area contributed by atoms with Crippen LogP contribution in [0.3, 0.4) is 0 Å². The van der Waals surface area contributed by atoms with Gasteiger partial charge in [0, 0.05) is 5.02 Å². The SMILES string of the molecule is C[C@H](NC(=O)C1(c2ccccc2)CCNCC1)c1ccc(Cl)cc1. The van der Waals surface area contributed by atoms with Gasteiger partial charge in [-0.15, -0.1) is 0 Å². The quantitative estimate of drug-likeness (QED) is 0.886. The summed E-state index contributed by atoms with van der Waals surface area (Å²) in [6, 6.07) is 17.7. The Hall–Kier alpha value is -1.84. The number of hydrogen-bond donors (Lipinski definition) is 2. The van der Waals surface area contributed by atoms with Gasteiger partial charge in [0.25, 0.3) is 0 Å². The van der Waals surface area contributed by atoms with Gasteiger partial charge in [-0.3, -0.25) is 4.79 Å². The first kappa shape index (κ1) is 17.0. The Morgan fingerprint density at radius 2 is 1.71 bits per heavy atom. The number of amides is 1. The monoisotopic (exact) mass is 342 g/mol. The second-order valence-electron chi connectivity index (χ2n) is 6.44. The fourth-order valence-electron chi connectivity index (χ4n) is 3.43. The van der Waals surface area contributed by atoms with Gasteiger partial charge in [-0.2, -0.15) is 0 Å². The summed E-state index contributed by atoms with van der Waals surface area (Å²) >= 11 is 5.95. The molecule has 1 saturated heterocycles. The van der Waals surface area contributed by atoms with Crippen LogP contribution in [0.4, 0.5) is 0 Å². The molecule has 2 N–H and O–H groups in total. The molecule has 4 heteroatoms. The van der Waals surface area contributed by atoms with E-state index in [0.717, 1.165) is 37.1 Å². The maximum atomic E-state index is 13.2. The standard InChI is InChI=1S/C20H23ClN2O/c1-15(16-7-9-18(21)10-8-16)23-19(24)20(11-13-22-14-12-20)17-5-3-2-4-6-17/h2-10,15,22H,11-14H2,1H3,(H,23,24)/t15-/m0/s1. The third-order valence-electron chi connectivity index (χ3n) is 4.94. The number of benzene rings is 2. The molecule has 3 nitrogen and oxygen atoms in total. The fourth-order valence-corrected chi connectivity index (χ4v) is 3.55. The number of hydrogen-bond acceptors (Lipinski definition) is 2. The van der Waals surface area contributed by atoms with Crippen molar-refractivity contribution in [1.29, 1.82) is 0 Å². The molecular formula is C20H23ClN2O. The number of nitrogens with one attached hydrogen (secondary N) is 2. The summed E-state index contributed by atoms with van der Waals surface area (Å²) in [5.74, 6) is 0.109. The van der Waals surface area contributed by atoms with Crippen molar-refractivity contribution >= 4 is 17.5 Å². The minimum atomic E-state index is -0.451. The molecule has 0 saturated carbocycles. The van der Waals surface area contributed by atoms with Crippen molar-refractivity contribution in [2.24, 2.45) is 0 Å². The average molecular weight is 343 g/mol. The van der Waals surface area contributed by atoms with Gasteiger partial charge in [-0.05, 0) is 56.1 Å². The summed E-state index contributed by atoms with van der Waals surface area (Å²) in [6.45, 7) is 3.73. The van der Waals surface area contributed by atoms with Crippen LogP contribution in [-0.2, 0) is 10.2 Å². The van der Waals surface area contributed by atoms with Crippen LogP contribution in [0.1, 0.15) is 36.9 Å². The predicted octanol–water partition coefficient (Wildman–Crippen LogP) is 3.84. The van der Waals surface area contributed by atoms with Gasteiger partial charge in [-0.25, -0.2) is 0 Å². The molecule has 1 fully saturated rings. The molecule has 0 spiro atoms. The molecule has 1 amide bonds. The lowest BCUT2D eigenvalue weighted by Gasteiger charge is -2.37. The number of carbonyl (C=O) groups excluding carboxylic acids is 1. The minimum Gasteiger partial charge on any atom is -0.349 e. The van der Waals surface area contributed by atoms with E-state index in [2.05, 4.69) is 22.8 Å². The van der Waals surface area contributed by atoms with Crippen LogP contribution in [-0.4, -0.2) is 19.0 Å². The maximum absolute atomic E-state index is 13.2. The van der Waals surface area contributed by atoms with Crippen LogP contribution in [0, 0.1) is 0 Å². The molecule has 0 aromatic heterocycles. The normalized spacial score (nSPS) is 17.9. The lowest BCUT2D eigenvalue weighted by Crippen LogP contribution is -2.51. The van der Waals surface area contributed by atoms with Crippen molar-refractivity contribution in [3.8, 4) is 0 Å². The molecule has 0 aliphatic carbocycles. The van der Waals surface area contributed by atoms with E-state index in [-0.39, 0.29) is 11.9 Å². The van der Waals surface area contributed by atoms with E-state index >= 15 is 0 Å². The Morgan fingerprint density at radius 3 is 2.33 bits per heavy atom. The summed E-state index contributed by atoms with van der Waals surface area (Å²) in [5, 5.41) is 7.28. The van der Waals surface area contributed by atoms with E-state index in [1.54, 1.807) is 0 Å². The van der Waals surface area contributed by atoms with Crippen molar-refractivity contribution in [3.05, 3.63) is 70.7 Å². The Bertz CT molecular complexity index is 679. The maximum Gasteiger partial charge on any atom is 0.231 e. The molecule has 24 heavy (non-hydrogen) atoms. The fraction of sp³-hybridized carbons (Fsp3) is 0.350. The summed E-state index contributed by atoms with van der Waals surface area (Å²) in [4.78, 5) is 13.2. The smallest absolute Gasteiger partial charge is 0.231 e. The molecule has 1 atom stereocenters. The van der Waals surface area contributed by atoms with Gasteiger partial charge in [0.1, 0.15) is 0 Å². The molecule has 2 aromatic carbocycles. The van der Waals surface area contributed by atoms with Crippen LogP contribution in [0.2, 0.25) is 5.02 Å². The van der Waals surface area contributed by atoms with Crippen molar-refractivity contribution in [1.82, 2.24) is 10.6 Å². The number of piperidine rings is 1. The van der Waals surface area contributed by atoms with E-state index in [1.165, 1.54) is 0 Å². The third-order valence-corrected chi connectivity index (χ3v) is 5.19. The molecule has 0 radical (unpaired) electrons. The summed E-state index contributed by atoms with van der Waals surface area (Å²) in [6.07, 6.45) is 1.63. The van der Waals surface area contributed by atoms with Crippen LogP contribution < -0.4 is 10.6 Å². The average Bonchev–Trinajstić information content (AvgIpc) is 2.63. The van der Waals surface area contributed by atoms with Crippen LogP contribution in [0.5, 0.6) is 0 Å². The minimum absolute atomic E-state index is 0.0507. The van der Waals surface area contributed by atoms with Crippen LogP contribution in [0.25, 0.3) is 0 Å². The second-order valence-corrected chi connectivity index (χ2v) is 6.88. The van der Waals surface area contributed by atoms with Crippen LogP contribution in [0.15, 0.2) is 54.6 Å². The van der Waals surface area contributed by atoms with E-state index in [4.69, 9.17) is 11.6 Å². The van der Waals surface area contributed by atoms with Crippen molar-refractivity contribution in [3.63, 3.8) is 0 Å². The molecule has 1 heterocycles. The Morgan fingerprint density at radius 1 is 1.08 bits per heavy atom. The summed E-state index contributed by atoms with van der Waals surface area (Å²) in [5.41, 5.74) is 1.71. The molecule has 0 bridgehead atoms. The predicted molar refractivity (Wildman–Crippen MR) is 98.2 cm³/mol. The molecule has 3 rings (SSSR count). The zero-order valence-electron chi connectivity index (χ0n) is 13.9. The van der Waals surface area contributed by atoms with Crippen molar-refractivity contribution in [2.75, 3.05) is 13.1 Å². The molecule has 1 aliphatic rings. The van der Waals surface area contributed by atoms with E-state index in [9.17, 15) is 4.79 Å². The third kappa shape index (κ3) is 3.47. The highest BCUT2D eigenvalue weighted by Crippen LogP contribution is 2.34. The molecule has 126 valence electrons. The van der Waals surface area contributed by atoms with Gasteiger partial charge in [0.15, 0.2) is 0 Å². The summed E-state index contributed by atoms with van der Waals surface area (Å²) in [7, 11) is 0. The molecule has 1 aliphatic heterocycles. The topological polar surface area (TPSA) is 41.1 Å². The van der Waals surface area contributed by atoms with Gasteiger partial charge in [-0.1, -0.05) is 54.1 Å². The lowest BCUT2D eigenvalue weighted by atomic mass is 9.72. The molecular weight excluding hydrogens is 320 g/mol. The lowest BCUT2D eigenvalue weighted by molar-refractivity contribution is -0.128. The summed E-state index contributed by atoms with van der Waals surface area (Å²) < 4.78 is 0. The van der Waals surface area contributed by atoms with E-state index in [0.29, 0.717) is 5.02 Å². The van der Waals surface area contributed by atoms with E-state index in [1.807, 2.05) is 49.4 Å². The second kappa shape index (κ2) is 7.37. The van der Waals surface area contributed by atoms with Crippen molar-refractivity contribution in [2.45, 2.75) is 31.2 Å². The number of rotatable bonds is 4. The van der Waals surface area contributed by atoms with Gasteiger partial charge < -0.3 is 10.6 Å². The van der Waals surface area contributed by atoms with Gasteiger partial charge in [0.2, 0.25) is 5.91 Å². The highest BCUT2D eigenvalue weighted by atomic mass is 35.5. The first-order valence-electron chi connectivity index (χ1n) is 8.44. The van der Waals surface area contributed by atoms with Crippen LogP contribution >= 0.6 is 11.6 Å². The Kier molecular flexibility index (Phi) is 5.22. The zero-order chi connectivity index (χ0) is 17.0.